The van der Waals surface area contributed by atoms with Gasteiger partial charge in [-0.15, -0.1) is 0 Å². The first-order valence-electron chi connectivity index (χ1n) is 17.7. The lowest BCUT2D eigenvalue weighted by Crippen LogP contribution is -2.33. The standard InChI is InChI=1S/C41H45F3N2O3/c1-3-5-7-9-13-24-46(25-14-10-8-6-4-2)32-21-22-35-38(28-32)48-37-23-20-31(45-30-17-15-16-29(26-30)41(42,43)44)27-36(37)40(35)34-19-12-11-18-33(34)39(47)49-40/h11-12,15-23,26-28,45H,3-10,13-14,24-25H2,1-2H3. The molecule has 2 aliphatic rings. The molecule has 258 valence electrons. The highest BCUT2D eigenvalue weighted by atomic mass is 19.4. The molecule has 0 amide bonds. The van der Waals surface area contributed by atoms with Gasteiger partial charge >= 0.3 is 12.1 Å². The Kier molecular flexibility index (Phi) is 10.5. The van der Waals surface area contributed by atoms with Crippen LogP contribution in [-0.2, 0) is 16.5 Å². The molecule has 2 aliphatic heterocycles. The number of nitrogens with zero attached hydrogens (tertiary/aromatic N) is 1. The van der Waals surface area contributed by atoms with Gasteiger partial charge in [0.15, 0.2) is 5.60 Å². The van der Waals surface area contributed by atoms with Crippen molar-refractivity contribution >= 4 is 23.0 Å². The molecule has 0 saturated heterocycles. The number of alkyl halides is 3. The number of halogens is 3. The van der Waals surface area contributed by atoms with E-state index in [-0.39, 0.29) is 0 Å². The molecule has 0 aliphatic carbocycles. The SMILES string of the molecule is CCCCCCCN(CCCCCCC)c1ccc2c(c1)Oc1ccc(Nc3cccc(C(F)(F)F)c3)cc1C21OC(=O)c2ccccc21. The first kappa shape index (κ1) is 34.4. The van der Waals surface area contributed by atoms with Gasteiger partial charge in [-0.25, -0.2) is 4.79 Å². The van der Waals surface area contributed by atoms with Crippen LogP contribution in [0.4, 0.5) is 30.2 Å². The van der Waals surface area contributed by atoms with Crippen molar-refractivity contribution in [3.63, 3.8) is 0 Å². The fourth-order valence-corrected chi connectivity index (χ4v) is 7.06. The topological polar surface area (TPSA) is 50.8 Å². The average Bonchev–Trinajstić information content (AvgIpc) is 3.39. The first-order chi connectivity index (χ1) is 23.7. The highest BCUT2D eigenvalue weighted by Crippen LogP contribution is 2.57. The number of hydrogen-bond donors (Lipinski definition) is 1. The Labute approximate surface area is 287 Å². The van der Waals surface area contributed by atoms with E-state index in [4.69, 9.17) is 9.47 Å². The molecule has 49 heavy (non-hydrogen) atoms. The lowest BCUT2D eigenvalue weighted by atomic mass is 9.77. The van der Waals surface area contributed by atoms with E-state index < -0.39 is 23.3 Å². The number of esters is 1. The highest BCUT2D eigenvalue weighted by molar-refractivity contribution is 5.97. The van der Waals surface area contributed by atoms with E-state index in [1.165, 1.54) is 57.4 Å². The van der Waals surface area contributed by atoms with Gasteiger partial charge < -0.3 is 19.7 Å². The molecule has 0 bridgehead atoms. The van der Waals surface area contributed by atoms with Gasteiger partial charge in [0.25, 0.3) is 0 Å². The lowest BCUT2D eigenvalue weighted by Gasteiger charge is -2.37. The van der Waals surface area contributed by atoms with Crippen LogP contribution in [0.15, 0.2) is 84.9 Å². The summed E-state index contributed by atoms with van der Waals surface area (Å²) in [5.74, 6) is 0.708. The van der Waals surface area contributed by atoms with Crippen LogP contribution in [0.25, 0.3) is 0 Å². The van der Waals surface area contributed by atoms with Crippen LogP contribution < -0.4 is 15.0 Å². The van der Waals surface area contributed by atoms with Gasteiger partial charge in [-0.1, -0.05) is 89.5 Å². The summed E-state index contributed by atoms with van der Waals surface area (Å²) in [7, 11) is 0. The Morgan fingerprint density at radius 2 is 1.37 bits per heavy atom. The molecule has 0 fully saturated rings. The molecule has 6 rings (SSSR count). The van der Waals surface area contributed by atoms with Crippen LogP contribution in [0, 0.1) is 0 Å². The predicted molar refractivity (Wildman–Crippen MR) is 189 cm³/mol. The number of rotatable bonds is 15. The number of carbonyl (C=O) groups is 1. The van der Waals surface area contributed by atoms with Crippen molar-refractivity contribution in [2.24, 2.45) is 0 Å². The number of nitrogens with one attached hydrogen (secondary N) is 1. The van der Waals surface area contributed by atoms with E-state index in [9.17, 15) is 18.0 Å². The molecule has 1 N–H and O–H groups in total. The maximum Gasteiger partial charge on any atom is 0.416 e. The third-order valence-electron chi connectivity index (χ3n) is 9.60. The smallest absolute Gasteiger partial charge is 0.416 e. The molecule has 4 aromatic carbocycles. The molecule has 0 saturated carbocycles. The summed E-state index contributed by atoms with van der Waals surface area (Å²) in [4.78, 5) is 15.9. The number of benzene rings is 4. The van der Waals surface area contributed by atoms with E-state index in [0.717, 1.165) is 43.8 Å². The third kappa shape index (κ3) is 7.29. The normalized spacial score (nSPS) is 16.1. The zero-order valence-corrected chi connectivity index (χ0v) is 28.4. The molecular weight excluding hydrogens is 625 g/mol. The summed E-state index contributed by atoms with van der Waals surface area (Å²) in [6.45, 7) is 6.38. The predicted octanol–water partition coefficient (Wildman–Crippen LogP) is 11.8. The van der Waals surface area contributed by atoms with Crippen LogP contribution >= 0.6 is 0 Å². The van der Waals surface area contributed by atoms with Crippen molar-refractivity contribution in [3.8, 4) is 11.5 Å². The zero-order valence-electron chi connectivity index (χ0n) is 28.4. The fraction of sp³-hybridized carbons (Fsp3) is 0.390. The Balaban J connectivity index is 1.37. The molecule has 1 unspecified atom stereocenters. The molecule has 1 atom stereocenters. The minimum Gasteiger partial charge on any atom is -0.456 e. The maximum absolute atomic E-state index is 13.4. The molecular formula is C41H45F3N2O3. The summed E-state index contributed by atoms with van der Waals surface area (Å²) < 4.78 is 53.3. The Bertz CT molecular complexity index is 1760. The molecule has 5 nitrogen and oxygen atoms in total. The Hall–Kier alpha value is -4.46. The maximum atomic E-state index is 13.4. The summed E-state index contributed by atoms with van der Waals surface area (Å²) in [5, 5.41) is 3.12. The minimum absolute atomic E-state index is 0.291. The van der Waals surface area contributed by atoms with Crippen molar-refractivity contribution in [1.82, 2.24) is 0 Å². The first-order valence-corrected chi connectivity index (χ1v) is 17.7. The van der Waals surface area contributed by atoms with E-state index in [1.54, 1.807) is 30.3 Å². The second-order valence-corrected chi connectivity index (χ2v) is 13.1. The van der Waals surface area contributed by atoms with Crippen LogP contribution in [-0.4, -0.2) is 19.1 Å². The van der Waals surface area contributed by atoms with Gasteiger partial charge in [-0.2, -0.15) is 13.2 Å². The number of hydrogen-bond acceptors (Lipinski definition) is 5. The molecule has 0 aromatic heterocycles. The summed E-state index contributed by atoms with van der Waals surface area (Å²) in [6.07, 6.45) is 7.57. The molecule has 2 heterocycles. The number of anilines is 3. The van der Waals surface area contributed by atoms with Gasteiger partial charge in [0.05, 0.1) is 11.1 Å². The minimum atomic E-state index is -4.46. The summed E-state index contributed by atoms with van der Waals surface area (Å²) >= 11 is 0. The van der Waals surface area contributed by atoms with Gasteiger partial charge in [-0.05, 0) is 67.4 Å². The number of carbonyl (C=O) groups excluding carboxylic acids is 1. The monoisotopic (exact) mass is 670 g/mol. The van der Waals surface area contributed by atoms with Crippen molar-refractivity contribution in [2.75, 3.05) is 23.3 Å². The van der Waals surface area contributed by atoms with Crippen LogP contribution in [0.1, 0.15) is 111 Å². The molecule has 4 aromatic rings. The van der Waals surface area contributed by atoms with E-state index in [1.807, 2.05) is 24.3 Å². The molecule has 1 spiro atoms. The Morgan fingerprint density at radius 3 is 2.08 bits per heavy atom. The van der Waals surface area contributed by atoms with Crippen LogP contribution in [0.2, 0.25) is 0 Å². The van der Waals surface area contributed by atoms with E-state index >= 15 is 0 Å². The van der Waals surface area contributed by atoms with Crippen molar-refractivity contribution in [3.05, 3.63) is 113 Å². The summed E-state index contributed by atoms with van der Waals surface area (Å²) in [5.41, 5.74) is 2.37. The number of ether oxygens (including phenoxy) is 2. The number of unbranched alkanes of at least 4 members (excludes halogenated alkanes) is 8. The number of fused-ring (bicyclic) bond motifs is 6. The van der Waals surface area contributed by atoms with Gasteiger partial charge in [0.1, 0.15) is 11.5 Å². The fourth-order valence-electron chi connectivity index (χ4n) is 7.06. The second kappa shape index (κ2) is 15.0. The van der Waals surface area contributed by atoms with E-state index in [0.29, 0.717) is 45.1 Å². The zero-order chi connectivity index (χ0) is 34.4. The average molecular weight is 671 g/mol. The van der Waals surface area contributed by atoms with Crippen molar-refractivity contribution in [2.45, 2.75) is 89.8 Å². The quantitative estimate of drug-likeness (QED) is 0.101. The van der Waals surface area contributed by atoms with E-state index in [2.05, 4.69) is 36.2 Å². The van der Waals surface area contributed by atoms with Gasteiger partial charge in [0, 0.05) is 52.9 Å². The Morgan fingerprint density at radius 1 is 0.673 bits per heavy atom. The lowest BCUT2D eigenvalue weighted by molar-refractivity contribution is -0.137. The van der Waals surface area contributed by atoms with Crippen molar-refractivity contribution in [1.29, 1.82) is 0 Å². The summed E-state index contributed by atoms with van der Waals surface area (Å²) in [6, 6.07) is 24.0. The van der Waals surface area contributed by atoms with Crippen molar-refractivity contribution < 1.29 is 27.4 Å². The third-order valence-corrected chi connectivity index (χ3v) is 9.60. The molecule has 8 heteroatoms. The van der Waals surface area contributed by atoms with Gasteiger partial charge in [-0.3, -0.25) is 0 Å². The van der Waals surface area contributed by atoms with Gasteiger partial charge in [0.2, 0.25) is 0 Å². The van der Waals surface area contributed by atoms with Crippen LogP contribution in [0.3, 0.4) is 0 Å². The second-order valence-electron chi connectivity index (χ2n) is 13.1. The highest BCUT2D eigenvalue weighted by Gasteiger charge is 2.53. The molecule has 0 radical (unpaired) electrons. The van der Waals surface area contributed by atoms with Crippen LogP contribution in [0.5, 0.6) is 11.5 Å². The largest absolute Gasteiger partial charge is 0.456 e.